The van der Waals surface area contributed by atoms with Crippen molar-refractivity contribution in [3.63, 3.8) is 0 Å². The van der Waals surface area contributed by atoms with Crippen LogP contribution in [0.3, 0.4) is 0 Å². The number of nitrogens with two attached hydrogens (primary N) is 1. The van der Waals surface area contributed by atoms with Gasteiger partial charge < -0.3 is 25.8 Å². The quantitative estimate of drug-likeness (QED) is 0.267. The third kappa shape index (κ3) is 6.99. The Labute approximate surface area is 192 Å². The first-order chi connectivity index (χ1) is 15.3. The number of hydrogen-bond donors (Lipinski definition) is 4. The molecule has 0 bridgehead atoms. The van der Waals surface area contributed by atoms with Crippen molar-refractivity contribution >= 4 is 40.1 Å². The predicted molar refractivity (Wildman–Crippen MR) is 117 cm³/mol. The van der Waals surface area contributed by atoms with E-state index in [1.54, 1.807) is 0 Å². The summed E-state index contributed by atoms with van der Waals surface area (Å²) in [6.45, 7) is 4.01. The van der Waals surface area contributed by atoms with Gasteiger partial charge in [-0.2, -0.15) is 4.37 Å². The van der Waals surface area contributed by atoms with E-state index in [1.165, 1.54) is 12.1 Å². The summed E-state index contributed by atoms with van der Waals surface area (Å²) in [4.78, 5) is 26.0. The van der Waals surface area contributed by atoms with Crippen molar-refractivity contribution in [1.29, 1.82) is 0 Å². The maximum Gasteiger partial charge on any atom is 0.319 e. The molecule has 0 saturated carbocycles. The lowest BCUT2D eigenvalue weighted by atomic mass is 10.2. The minimum absolute atomic E-state index is 0.0585. The van der Waals surface area contributed by atoms with Gasteiger partial charge in [0.15, 0.2) is 11.6 Å². The molecule has 2 rings (SSSR count). The molecule has 5 N–H and O–H groups in total. The van der Waals surface area contributed by atoms with Crippen LogP contribution in [0.5, 0.6) is 5.88 Å². The van der Waals surface area contributed by atoms with Gasteiger partial charge in [-0.15, -0.1) is 0 Å². The molecule has 0 aliphatic heterocycles. The lowest BCUT2D eigenvalue weighted by molar-refractivity contribution is 0.0996. The molecule has 0 fully saturated rings. The van der Waals surface area contributed by atoms with Gasteiger partial charge in [0.1, 0.15) is 17.2 Å². The van der Waals surface area contributed by atoms with Crippen LogP contribution in [-0.4, -0.2) is 59.1 Å². The van der Waals surface area contributed by atoms with Crippen LogP contribution >= 0.6 is 23.1 Å². The van der Waals surface area contributed by atoms with Crippen molar-refractivity contribution in [3.8, 4) is 5.88 Å². The number of amides is 3. The summed E-state index contributed by atoms with van der Waals surface area (Å²) in [7, 11) is 0. The molecule has 32 heavy (non-hydrogen) atoms. The SMILES string of the molecule is CCN(CCO)CCCNC(=O)Nc1snc(OCc2ccc(Cl)c(F)c2F)c1C(N)=O. The number of hydrogen-bond acceptors (Lipinski definition) is 7. The fourth-order valence-corrected chi connectivity index (χ4v) is 3.60. The molecule has 0 aliphatic rings. The van der Waals surface area contributed by atoms with E-state index in [2.05, 4.69) is 15.0 Å². The molecule has 9 nitrogen and oxygen atoms in total. The molecule has 0 aliphatic carbocycles. The molecule has 13 heteroatoms. The van der Waals surface area contributed by atoms with E-state index in [-0.39, 0.29) is 33.6 Å². The fraction of sp³-hybridized carbons (Fsp3) is 0.421. The molecular weight excluding hydrogens is 468 g/mol. The number of rotatable bonds is 12. The van der Waals surface area contributed by atoms with Gasteiger partial charge in [0, 0.05) is 18.7 Å². The van der Waals surface area contributed by atoms with E-state index < -0.39 is 30.2 Å². The van der Waals surface area contributed by atoms with E-state index in [4.69, 9.17) is 27.2 Å². The second-order valence-corrected chi connectivity index (χ2v) is 7.75. The zero-order chi connectivity index (χ0) is 23.7. The summed E-state index contributed by atoms with van der Waals surface area (Å²) in [5.74, 6) is -3.50. The van der Waals surface area contributed by atoms with Crippen LogP contribution < -0.4 is 21.1 Å². The number of nitrogens with one attached hydrogen (secondary N) is 2. The van der Waals surface area contributed by atoms with Gasteiger partial charge in [0.25, 0.3) is 5.91 Å². The number of aromatic nitrogens is 1. The Hall–Kier alpha value is -2.54. The summed E-state index contributed by atoms with van der Waals surface area (Å²) < 4.78 is 36.8. The molecule has 3 amide bonds. The Morgan fingerprint density at radius 1 is 1.31 bits per heavy atom. The summed E-state index contributed by atoms with van der Waals surface area (Å²) in [5.41, 5.74) is 5.06. The summed E-state index contributed by atoms with van der Waals surface area (Å²) in [6.07, 6.45) is 0.657. The number of halogens is 3. The van der Waals surface area contributed by atoms with Gasteiger partial charge in [-0.3, -0.25) is 10.1 Å². The monoisotopic (exact) mass is 491 g/mol. The fourth-order valence-electron chi connectivity index (χ4n) is 2.72. The highest BCUT2D eigenvalue weighted by atomic mass is 35.5. The van der Waals surface area contributed by atoms with Crippen LogP contribution in [0, 0.1) is 11.6 Å². The van der Waals surface area contributed by atoms with E-state index in [0.29, 0.717) is 26.1 Å². The van der Waals surface area contributed by atoms with Crippen LogP contribution in [0.15, 0.2) is 12.1 Å². The average molecular weight is 492 g/mol. The molecule has 0 saturated heterocycles. The average Bonchev–Trinajstić information content (AvgIpc) is 3.16. The Bertz CT molecular complexity index is 947. The van der Waals surface area contributed by atoms with Crippen LogP contribution in [0.1, 0.15) is 29.3 Å². The summed E-state index contributed by atoms with van der Waals surface area (Å²) >= 11 is 6.28. The van der Waals surface area contributed by atoms with Crippen molar-refractivity contribution in [2.45, 2.75) is 20.0 Å². The van der Waals surface area contributed by atoms with E-state index in [9.17, 15) is 18.4 Å². The second-order valence-electron chi connectivity index (χ2n) is 6.57. The highest BCUT2D eigenvalue weighted by Gasteiger charge is 2.23. The summed E-state index contributed by atoms with van der Waals surface area (Å²) in [6, 6.07) is 1.85. The first-order valence-corrected chi connectivity index (χ1v) is 10.9. The van der Waals surface area contributed by atoms with Gasteiger partial charge in [0.05, 0.1) is 11.6 Å². The number of ether oxygens (including phenoxy) is 1. The van der Waals surface area contributed by atoms with Gasteiger partial charge in [-0.1, -0.05) is 24.6 Å². The third-order valence-corrected chi connectivity index (χ3v) is 5.45. The first-order valence-electron chi connectivity index (χ1n) is 9.71. The maximum atomic E-state index is 13.9. The van der Waals surface area contributed by atoms with Crippen LogP contribution in [-0.2, 0) is 6.61 Å². The number of carbonyl (C=O) groups excluding carboxylic acids is 2. The number of nitrogens with zero attached hydrogens (tertiary/aromatic N) is 2. The predicted octanol–water partition coefficient (Wildman–Crippen LogP) is 2.58. The number of benzene rings is 1. The normalized spacial score (nSPS) is 10.9. The topological polar surface area (TPSA) is 130 Å². The Balaban J connectivity index is 1.95. The molecule has 1 heterocycles. The molecular formula is C19H24ClF2N5O4S. The Morgan fingerprint density at radius 3 is 2.72 bits per heavy atom. The van der Waals surface area contributed by atoms with E-state index in [1.807, 2.05) is 11.8 Å². The van der Waals surface area contributed by atoms with Crippen LogP contribution in [0.4, 0.5) is 18.6 Å². The lowest BCUT2D eigenvalue weighted by Gasteiger charge is -2.18. The standard InChI is InChI=1S/C19H24ClF2N5O4S/c1-2-27(8-9-28)7-3-6-24-19(30)25-18-13(16(23)29)17(26-32-18)31-10-11-4-5-12(20)15(22)14(11)21/h4-5,28H,2-3,6-10H2,1H3,(H2,23,29)(H2,24,25,30). The molecule has 1 aromatic heterocycles. The second kappa shape index (κ2) is 12.5. The number of carbonyl (C=O) groups is 2. The molecule has 0 unspecified atom stereocenters. The lowest BCUT2D eigenvalue weighted by Crippen LogP contribution is -2.33. The first kappa shape index (κ1) is 25.7. The van der Waals surface area contributed by atoms with Gasteiger partial charge in [-0.25, -0.2) is 13.6 Å². The van der Waals surface area contributed by atoms with Crippen LogP contribution in [0.2, 0.25) is 5.02 Å². The highest BCUT2D eigenvalue weighted by molar-refractivity contribution is 7.11. The molecule has 2 aromatic rings. The van der Waals surface area contributed by atoms with E-state index >= 15 is 0 Å². The molecule has 1 aromatic carbocycles. The van der Waals surface area contributed by atoms with Gasteiger partial charge in [0.2, 0.25) is 5.88 Å². The number of aliphatic hydroxyl groups is 1. The highest BCUT2D eigenvalue weighted by Crippen LogP contribution is 2.31. The zero-order valence-corrected chi connectivity index (χ0v) is 18.9. The van der Waals surface area contributed by atoms with Crippen molar-refractivity contribution in [2.75, 3.05) is 38.1 Å². The Kier molecular flexibility index (Phi) is 10.0. The largest absolute Gasteiger partial charge is 0.471 e. The van der Waals surface area contributed by atoms with E-state index in [0.717, 1.165) is 18.1 Å². The minimum Gasteiger partial charge on any atom is -0.471 e. The van der Waals surface area contributed by atoms with Crippen molar-refractivity contribution in [1.82, 2.24) is 14.6 Å². The number of primary amides is 1. The van der Waals surface area contributed by atoms with Crippen molar-refractivity contribution in [3.05, 3.63) is 39.9 Å². The molecule has 0 spiro atoms. The molecule has 0 radical (unpaired) electrons. The maximum absolute atomic E-state index is 13.9. The van der Waals surface area contributed by atoms with Gasteiger partial charge >= 0.3 is 6.03 Å². The van der Waals surface area contributed by atoms with Gasteiger partial charge in [-0.05, 0) is 37.1 Å². The Morgan fingerprint density at radius 2 is 2.06 bits per heavy atom. The smallest absolute Gasteiger partial charge is 0.319 e. The van der Waals surface area contributed by atoms with Crippen LogP contribution in [0.25, 0.3) is 0 Å². The minimum atomic E-state index is -1.21. The number of urea groups is 1. The molecule has 0 atom stereocenters. The van der Waals surface area contributed by atoms with Crippen molar-refractivity contribution < 1.29 is 28.2 Å². The number of aliphatic hydroxyl groups excluding tert-OH is 1. The number of anilines is 1. The number of likely N-dealkylation sites (N-methyl/N-ethyl adjacent to an activating group) is 1. The van der Waals surface area contributed by atoms with Crippen molar-refractivity contribution in [2.24, 2.45) is 5.73 Å². The molecule has 176 valence electrons. The third-order valence-electron chi connectivity index (χ3n) is 4.41. The zero-order valence-electron chi connectivity index (χ0n) is 17.3. The summed E-state index contributed by atoms with van der Waals surface area (Å²) in [5, 5.41) is 13.8.